The summed E-state index contributed by atoms with van der Waals surface area (Å²) in [4.78, 5) is 22.3. The van der Waals surface area contributed by atoms with Crippen molar-refractivity contribution in [2.24, 2.45) is 0 Å². The number of rotatable bonds is 3. The van der Waals surface area contributed by atoms with Crippen molar-refractivity contribution in [2.75, 3.05) is 7.05 Å². The molecule has 1 atom stereocenters. The molecule has 1 aliphatic rings. The van der Waals surface area contributed by atoms with E-state index in [0.29, 0.717) is 16.4 Å². The van der Waals surface area contributed by atoms with Crippen LogP contribution < -0.4 is 16.0 Å². The monoisotopic (exact) mass is 324 g/mol. The molecular weight excluding hydrogens is 308 g/mol. The lowest BCUT2D eigenvalue weighted by Crippen LogP contribution is -2.46. The quantitative estimate of drug-likeness (QED) is 0.417. The smallest absolute Gasteiger partial charge is 0.269 e. The number of hydrogen-bond acceptors (Lipinski definition) is 4. The number of nitrogens with one attached hydrogen (secondary N) is 3. The van der Waals surface area contributed by atoms with Gasteiger partial charge in [-0.15, -0.1) is 0 Å². The maximum Gasteiger partial charge on any atom is 0.269 e. The van der Waals surface area contributed by atoms with Crippen LogP contribution in [0.1, 0.15) is 18.5 Å². The SMILES string of the molecule is CNC(=O)C1=C(C)NC(=S)N[C@@H]1c1ccc([N+](=O)[O-])cc1.O. The summed E-state index contributed by atoms with van der Waals surface area (Å²) in [5.74, 6) is -0.238. The van der Waals surface area contributed by atoms with Crippen LogP contribution in [0, 0.1) is 10.1 Å². The highest BCUT2D eigenvalue weighted by molar-refractivity contribution is 7.80. The maximum atomic E-state index is 12.0. The van der Waals surface area contributed by atoms with E-state index in [9.17, 15) is 14.9 Å². The van der Waals surface area contributed by atoms with Crippen LogP contribution in [0.5, 0.6) is 0 Å². The lowest BCUT2D eigenvalue weighted by molar-refractivity contribution is -0.384. The molecule has 0 bridgehead atoms. The second-order valence-electron chi connectivity index (χ2n) is 4.50. The second kappa shape index (κ2) is 6.96. The Morgan fingerprint density at radius 1 is 1.36 bits per heavy atom. The first-order chi connectivity index (χ1) is 9.93. The summed E-state index contributed by atoms with van der Waals surface area (Å²) in [5.41, 5.74) is 1.88. The van der Waals surface area contributed by atoms with Gasteiger partial charge in [0.1, 0.15) is 0 Å². The van der Waals surface area contributed by atoms with Crippen molar-refractivity contribution in [2.45, 2.75) is 13.0 Å². The van der Waals surface area contributed by atoms with Crippen molar-refractivity contribution in [1.29, 1.82) is 0 Å². The Bertz CT molecular complexity index is 642. The highest BCUT2D eigenvalue weighted by Crippen LogP contribution is 2.27. The molecule has 118 valence electrons. The topological polar surface area (TPSA) is 128 Å². The molecule has 0 aliphatic carbocycles. The number of nitrogens with zero attached hydrogens (tertiary/aromatic N) is 1. The summed E-state index contributed by atoms with van der Waals surface area (Å²) in [5, 5.41) is 19.6. The van der Waals surface area contributed by atoms with Crippen LogP contribution >= 0.6 is 12.2 Å². The van der Waals surface area contributed by atoms with Crippen LogP contribution in [0.25, 0.3) is 0 Å². The Morgan fingerprint density at radius 2 is 1.95 bits per heavy atom. The largest absolute Gasteiger partial charge is 0.412 e. The Morgan fingerprint density at radius 3 is 2.45 bits per heavy atom. The predicted octanol–water partition coefficient (Wildman–Crippen LogP) is 0.309. The van der Waals surface area contributed by atoms with Crippen molar-refractivity contribution in [1.82, 2.24) is 16.0 Å². The fourth-order valence-electron chi connectivity index (χ4n) is 2.17. The number of non-ortho nitro benzene ring substituents is 1. The summed E-state index contributed by atoms with van der Waals surface area (Å²) < 4.78 is 0. The number of carbonyl (C=O) groups excluding carboxylic acids is 1. The number of carbonyl (C=O) groups is 1. The van der Waals surface area contributed by atoms with Crippen molar-refractivity contribution < 1.29 is 15.2 Å². The van der Waals surface area contributed by atoms with Crippen LogP contribution in [-0.4, -0.2) is 28.5 Å². The lowest BCUT2D eigenvalue weighted by Gasteiger charge is -2.30. The van der Waals surface area contributed by atoms with Gasteiger partial charge in [0.2, 0.25) is 0 Å². The number of thiocarbonyl (C=S) groups is 1. The van der Waals surface area contributed by atoms with Gasteiger partial charge in [0.25, 0.3) is 11.6 Å². The van der Waals surface area contributed by atoms with Gasteiger partial charge in [-0.2, -0.15) is 0 Å². The number of benzene rings is 1. The van der Waals surface area contributed by atoms with Crippen molar-refractivity contribution in [3.05, 3.63) is 51.2 Å². The van der Waals surface area contributed by atoms with E-state index in [1.165, 1.54) is 12.1 Å². The van der Waals surface area contributed by atoms with Crippen LogP contribution in [0.2, 0.25) is 0 Å². The minimum Gasteiger partial charge on any atom is -0.412 e. The zero-order valence-corrected chi connectivity index (χ0v) is 12.8. The minimum atomic E-state index is -0.467. The molecule has 0 unspecified atom stereocenters. The van der Waals surface area contributed by atoms with Gasteiger partial charge in [-0.1, -0.05) is 0 Å². The summed E-state index contributed by atoms with van der Waals surface area (Å²) in [6, 6.07) is 5.58. The molecule has 22 heavy (non-hydrogen) atoms. The number of likely N-dealkylation sites (N-methyl/N-ethyl adjacent to an activating group) is 1. The van der Waals surface area contributed by atoms with Gasteiger partial charge >= 0.3 is 0 Å². The molecule has 0 fully saturated rings. The molecule has 0 radical (unpaired) electrons. The van der Waals surface area contributed by atoms with Gasteiger partial charge in [-0.05, 0) is 36.8 Å². The molecule has 9 heteroatoms. The van der Waals surface area contributed by atoms with Gasteiger partial charge in [0.15, 0.2) is 5.11 Å². The van der Waals surface area contributed by atoms with E-state index in [4.69, 9.17) is 12.2 Å². The Kier molecular flexibility index (Phi) is 5.55. The van der Waals surface area contributed by atoms with Crippen LogP contribution in [0.15, 0.2) is 35.5 Å². The third kappa shape index (κ3) is 3.38. The van der Waals surface area contributed by atoms with E-state index in [1.54, 1.807) is 26.1 Å². The number of nitro benzene ring substituents is 1. The molecule has 0 spiro atoms. The summed E-state index contributed by atoms with van der Waals surface area (Å²) in [6.45, 7) is 1.76. The molecule has 0 aromatic heterocycles. The zero-order chi connectivity index (χ0) is 15.6. The first-order valence-corrected chi connectivity index (χ1v) is 6.59. The van der Waals surface area contributed by atoms with E-state index < -0.39 is 11.0 Å². The normalized spacial score (nSPS) is 17.0. The summed E-state index contributed by atoms with van der Waals surface area (Å²) >= 11 is 5.11. The first kappa shape index (κ1) is 17.5. The zero-order valence-electron chi connectivity index (χ0n) is 12.0. The Labute approximate surface area is 132 Å². The van der Waals surface area contributed by atoms with E-state index in [2.05, 4.69) is 16.0 Å². The van der Waals surface area contributed by atoms with Crippen LogP contribution in [0.3, 0.4) is 0 Å². The van der Waals surface area contributed by atoms with Gasteiger partial charge < -0.3 is 21.4 Å². The number of nitro groups is 1. The first-order valence-electron chi connectivity index (χ1n) is 6.18. The molecule has 1 aliphatic heterocycles. The molecule has 0 saturated carbocycles. The number of hydrogen-bond donors (Lipinski definition) is 3. The molecule has 1 heterocycles. The molecule has 2 rings (SSSR count). The Balaban J connectivity index is 0.00000242. The van der Waals surface area contributed by atoms with Gasteiger partial charge in [0.05, 0.1) is 16.5 Å². The number of allylic oxidation sites excluding steroid dienone is 1. The molecule has 5 N–H and O–H groups in total. The summed E-state index contributed by atoms with van der Waals surface area (Å²) in [6.07, 6.45) is 0. The van der Waals surface area contributed by atoms with E-state index >= 15 is 0 Å². The van der Waals surface area contributed by atoms with Crippen molar-refractivity contribution in [3.63, 3.8) is 0 Å². The van der Waals surface area contributed by atoms with E-state index in [0.717, 1.165) is 5.56 Å². The molecule has 0 saturated heterocycles. The molecule has 1 aromatic rings. The minimum absolute atomic E-state index is 0. The number of amides is 1. The lowest BCUT2D eigenvalue weighted by atomic mass is 9.95. The van der Waals surface area contributed by atoms with Crippen molar-refractivity contribution >= 4 is 28.9 Å². The standard InChI is InChI=1S/C13H14N4O3S.H2O/c1-7-10(12(18)14-2)11(16-13(21)15-7)8-3-5-9(6-4-8)17(19)20;/h3-6,11H,1-2H3,(H,14,18)(H2,15,16,21);1H2/t11-;/m1./s1. The average molecular weight is 324 g/mol. The fourth-order valence-corrected chi connectivity index (χ4v) is 2.44. The van der Waals surface area contributed by atoms with Crippen LogP contribution in [-0.2, 0) is 4.79 Å². The maximum absolute atomic E-state index is 12.0. The average Bonchev–Trinajstić information content (AvgIpc) is 2.45. The van der Waals surface area contributed by atoms with Gasteiger partial charge in [-0.3, -0.25) is 14.9 Å². The van der Waals surface area contributed by atoms with Crippen molar-refractivity contribution in [3.8, 4) is 0 Å². The highest BCUT2D eigenvalue weighted by Gasteiger charge is 2.29. The molecular formula is C13H16N4O4S. The Hall–Kier alpha value is -2.52. The fraction of sp³-hybridized carbons (Fsp3) is 0.231. The molecule has 8 nitrogen and oxygen atoms in total. The second-order valence-corrected chi connectivity index (χ2v) is 4.91. The molecule has 1 amide bonds. The van der Waals surface area contributed by atoms with Gasteiger partial charge in [-0.25, -0.2) is 0 Å². The third-order valence-electron chi connectivity index (χ3n) is 3.18. The van der Waals surface area contributed by atoms with E-state index in [1.807, 2.05) is 0 Å². The van der Waals surface area contributed by atoms with Crippen LogP contribution in [0.4, 0.5) is 5.69 Å². The predicted molar refractivity (Wildman–Crippen MR) is 85.1 cm³/mol. The highest BCUT2D eigenvalue weighted by atomic mass is 32.1. The van der Waals surface area contributed by atoms with Gasteiger partial charge in [0, 0.05) is 24.9 Å². The summed E-state index contributed by atoms with van der Waals surface area (Å²) in [7, 11) is 1.54. The third-order valence-corrected chi connectivity index (χ3v) is 3.40. The van der Waals surface area contributed by atoms with E-state index in [-0.39, 0.29) is 17.1 Å². The molecule has 1 aromatic carbocycles.